The van der Waals surface area contributed by atoms with E-state index < -0.39 is 17.1 Å². The molecule has 2 unspecified atom stereocenters. The van der Waals surface area contributed by atoms with Gasteiger partial charge in [-0.25, -0.2) is 0 Å². The van der Waals surface area contributed by atoms with E-state index in [-0.39, 0.29) is 0 Å². The number of morpholine rings is 1. The van der Waals surface area contributed by atoms with Crippen LogP contribution in [0.5, 0.6) is 0 Å². The zero-order valence-corrected chi connectivity index (χ0v) is 16.9. The summed E-state index contributed by atoms with van der Waals surface area (Å²) in [6.07, 6.45) is 6.86. The maximum atomic E-state index is 7.52. The third-order valence-electron chi connectivity index (χ3n) is 4.21. The van der Waals surface area contributed by atoms with Gasteiger partial charge in [0.25, 0.3) is 0 Å². The van der Waals surface area contributed by atoms with E-state index in [0.29, 0.717) is 0 Å². The highest BCUT2D eigenvalue weighted by Crippen LogP contribution is 2.21. The molecule has 0 saturated carbocycles. The normalized spacial score (nSPS) is 22.8. The average molecular weight is 351 g/mol. The predicted octanol–water partition coefficient (Wildman–Crippen LogP) is 2.63. The number of ether oxygens (including phenoxy) is 1. The lowest BCUT2D eigenvalue weighted by Gasteiger charge is -2.37. The van der Waals surface area contributed by atoms with Gasteiger partial charge in [0.05, 0.1) is 13.2 Å². The van der Waals surface area contributed by atoms with Crippen molar-refractivity contribution in [3.63, 3.8) is 0 Å². The molecule has 1 heterocycles. The van der Waals surface area contributed by atoms with Gasteiger partial charge >= 0.3 is 17.1 Å². The van der Waals surface area contributed by atoms with Gasteiger partial charge in [-0.1, -0.05) is 39.0 Å². The minimum atomic E-state index is -2.48. The number of hydrogen-bond acceptors (Lipinski definition) is 5. The van der Waals surface area contributed by atoms with Gasteiger partial charge in [-0.2, -0.15) is 0 Å². The number of hydrogen-bond donors (Lipinski definition) is 1. The Morgan fingerprint density at radius 1 is 1.18 bits per heavy atom. The van der Waals surface area contributed by atoms with Gasteiger partial charge < -0.3 is 18.1 Å². The zero-order chi connectivity index (χ0) is 17.2. The van der Waals surface area contributed by atoms with Crippen LogP contribution in [-0.2, 0) is 13.3 Å². The highest BCUT2D eigenvalue weighted by atomic mass is 28.5. The maximum Gasteiger partial charge on any atom is 0.340 e. The molecule has 7 heteroatoms. The molecule has 0 aromatic rings. The van der Waals surface area contributed by atoms with Crippen LogP contribution in [0.1, 0.15) is 39.0 Å². The molecule has 2 atom stereocenters. The fourth-order valence-electron chi connectivity index (χ4n) is 2.86. The molecule has 1 rings (SSSR count). The van der Waals surface area contributed by atoms with Crippen molar-refractivity contribution < 1.29 is 18.1 Å². The van der Waals surface area contributed by atoms with Gasteiger partial charge in [0.15, 0.2) is 1.43 Å². The third kappa shape index (κ3) is 8.19. The van der Waals surface area contributed by atoms with Gasteiger partial charge in [-0.05, 0) is 19.1 Å². The molecule has 1 fully saturated rings. The first-order chi connectivity index (χ1) is 11.0. The van der Waals surface area contributed by atoms with Crippen LogP contribution in [0.25, 0.3) is 0 Å². The summed E-state index contributed by atoms with van der Waals surface area (Å²) >= 11 is 0. The second-order valence-corrected chi connectivity index (χ2v) is 13.2. The van der Waals surface area contributed by atoms with E-state index in [9.17, 15) is 0 Å². The maximum absolute atomic E-state index is 7.52. The standard InChI is InChI=1S/C15H35NO4Si2/c1-5-6-7-8-9-14-21(3,17)20-22(4,18-2)15-16-10-12-19-13-11-16/h17H,5-15H2,1-4H3/i17D. The van der Waals surface area contributed by atoms with Crippen LogP contribution in [0.4, 0.5) is 0 Å². The Hall–Kier alpha value is 0.234. The first-order valence-corrected chi connectivity index (χ1v) is 13.7. The van der Waals surface area contributed by atoms with Gasteiger partial charge in [-0.3, -0.25) is 4.90 Å². The second kappa shape index (κ2) is 10.2. The van der Waals surface area contributed by atoms with Crippen molar-refractivity contribution >= 4 is 17.1 Å². The zero-order valence-electron chi connectivity index (χ0n) is 15.9. The molecule has 1 saturated heterocycles. The molecule has 1 aliphatic rings. The molecule has 0 radical (unpaired) electrons. The summed E-state index contributed by atoms with van der Waals surface area (Å²) in [7, 11) is -3.11. The predicted molar refractivity (Wildman–Crippen MR) is 94.4 cm³/mol. The van der Waals surface area contributed by atoms with Crippen molar-refractivity contribution in [3.05, 3.63) is 0 Å². The Morgan fingerprint density at radius 3 is 2.45 bits per heavy atom. The molecule has 132 valence electrons. The van der Waals surface area contributed by atoms with E-state index in [0.717, 1.165) is 44.9 Å². The Bertz CT molecular complexity index is 324. The molecule has 22 heavy (non-hydrogen) atoms. The SMILES string of the molecule is [2H]O[Si](C)(CCCCCCC)O[Si](C)(CN1CCOCC1)OC. The topological polar surface area (TPSA) is 51.2 Å². The van der Waals surface area contributed by atoms with Gasteiger partial charge in [0.2, 0.25) is 0 Å². The molecule has 1 aliphatic heterocycles. The molecular weight excluding hydrogens is 314 g/mol. The van der Waals surface area contributed by atoms with Crippen LogP contribution in [0.3, 0.4) is 0 Å². The molecule has 0 aromatic heterocycles. The van der Waals surface area contributed by atoms with E-state index >= 15 is 0 Å². The lowest BCUT2D eigenvalue weighted by Crippen LogP contribution is -2.57. The summed E-state index contributed by atoms with van der Waals surface area (Å²) < 4.78 is 25.1. The lowest BCUT2D eigenvalue weighted by molar-refractivity contribution is 0.0410. The number of unbranched alkanes of at least 4 members (excludes halogenated alkanes) is 4. The van der Waals surface area contributed by atoms with Gasteiger partial charge in [0.1, 0.15) is 0 Å². The van der Waals surface area contributed by atoms with E-state index in [4.69, 9.17) is 19.5 Å². The smallest absolute Gasteiger partial charge is 0.340 e. The molecule has 1 N–H and O–H groups in total. The molecule has 0 spiro atoms. The third-order valence-corrected chi connectivity index (χ3v) is 10.8. The Morgan fingerprint density at radius 2 is 1.86 bits per heavy atom. The molecule has 0 amide bonds. The summed E-state index contributed by atoms with van der Waals surface area (Å²) in [4.78, 5) is 7.46. The van der Waals surface area contributed by atoms with Crippen LogP contribution < -0.4 is 0 Å². The van der Waals surface area contributed by atoms with Crippen molar-refractivity contribution in [2.24, 2.45) is 0 Å². The quantitative estimate of drug-likeness (QED) is 0.433. The summed E-state index contributed by atoms with van der Waals surface area (Å²) in [6.45, 7) is 9.70. The van der Waals surface area contributed by atoms with Crippen molar-refractivity contribution in [3.8, 4) is 0 Å². The van der Waals surface area contributed by atoms with Gasteiger partial charge in [-0.15, -0.1) is 0 Å². The van der Waals surface area contributed by atoms with Crippen molar-refractivity contribution in [1.82, 2.24) is 4.90 Å². The Balaban J connectivity index is 2.49. The highest BCUT2D eigenvalue weighted by Gasteiger charge is 2.41. The van der Waals surface area contributed by atoms with Crippen LogP contribution in [0.15, 0.2) is 0 Å². The summed E-state index contributed by atoms with van der Waals surface area (Å²) in [5.41, 5.74) is 0. The first kappa shape index (κ1) is 18.6. The van der Waals surface area contributed by atoms with E-state index in [1.165, 1.54) is 25.7 Å². The number of nitrogens with zero attached hydrogens (tertiary/aromatic N) is 1. The molecule has 5 nitrogen and oxygen atoms in total. The van der Waals surface area contributed by atoms with E-state index in [2.05, 4.69) is 18.4 Å². The molecule has 0 aromatic carbocycles. The minimum absolute atomic E-state index is 0.773. The number of rotatable bonds is 12. The average Bonchev–Trinajstić information content (AvgIpc) is 2.55. The van der Waals surface area contributed by atoms with Crippen molar-refractivity contribution in [1.29, 1.82) is 1.43 Å². The van der Waals surface area contributed by atoms with Crippen LogP contribution in [-0.4, -0.2) is 67.8 Å². The van der Waals surface area contributed by atoms with Crippen LogP contribution >= 0.6 is 0 Å². The van der Waals surface area contributed by atoms with Crippen LogP contribution in [0, 0.1) is 0 Å². The van der Waals surface area contributed by atoms with Crippen molar-refractivity contribution in [2.75, 3.05) is 39.6 Å². The largest absolute Gasteiger partial charge is 0.414 e. The van der Waals surface area contributed by atoms with E-state index in [1.807, 2.05) is 6.55 Å². The molecule has 0 aliphatic carbocycles. The van der Waals surface area contributed by atoms with Crippen LogP contribution in [0.2, 0.25) is 19.1 Å². The monoisotopic (exact) mass is 350 g/mol. The lowest BCUT2D eigenvalue weighted by atomic mass is 10.2. The first-order valence-electron chi connectivity index (χ1n) is 9.07. The summed E-state index contributed by atoms with van der Waals surface area (Å²) in [5.74, 6) is 0. The van der Waals surface area contributed by atoms with Gasteiger partial charge in [0, 0.05) is 26.4 Å². The second-order valence-electron chi connectivity index (χ2n) is 6.63. The summed E-state index contributed by atoms with van der Waals surface area (Å²) in [6, 6.07) is 0.870. The Labute approximate surface area is 139 Å². The Kier molecular flexibility index (Phi) is 8.59. The van der Waals surface area contributed by atoms with Crippen molar-refractivity contribution in [2.45, 2.75) is 58.2 Å². The minimum Gasteiger partial charge on any atom is -0.414 e. The molecule has 0 bridgehead atoms. The fraction of sp³-hybridized carbons (Fsp3) is 1.00. The van der Waals surface area contributed by atoms with E-state index in [1.54, 1.807) is 7.11 Å². The fourth-order valence-corrected chi connectivity index (χ4v) is 9.66. The molecular formula is C15H35NO4Si2. The highest BCUT2D eigenvalue weighted by molar-refractivity contribution is 6.79. The summed E-state index contributed by atoms with van der Waals surface area (Å²) in [5, 5.41) is 0.